The number of thioether (sulfide) groups is 1. The van der Waals surface area contributed by atoms with Crippen LogP contribution < -0.4 is 10.1 Å². The Balaban J connectivity index is 1.68. The predicted molar refractivity (Wildman–Crippen MR) is 108 cm³/mol. The molecular formula is C20H22N4O2S. The summed E-state index contributed by atoms with van der Waals surface area (Å²) >= 11 is 1.36. The van der Waals surface area contributed by atoms with E-state index >= 15 is 0 Å². The highest BCUT2D eigenvalue weighted by atomic mass is 32.2. The number of hydrogen-bond donors (Lipinski definition) is 1. The van der Waals surface area contributed by atoms with Gasteiger partial charge in [0.2, 0.25) is 5.91 Å². The van der Waals surface area contributed by atoms with Gasteiger partial charge < -0.3 is 10.1 Å². The van der Waals surface area contributed by atoms with E-state index in [1.165, 1.54) is 17.3 Å². The molecule has 27 heavy (non-hydrogen) atoms. The Bertz CT molecular complexity index is 922. The van der Waals surface area contributed by atoms with E-state index in [9.17, 15) is 4.79 Å². The van der Waals surface area contributed by atoms with E-state index < -0.39 is 0 Å². The van der Waals surface area contributed by atoms with Crippen molar-refractivity contribution in [2.75, 3.05) is 18.2 Å². The van der Waals surface area contributed by atoms with Crippen LogP contribution >= 0.6 is 11.8 Å². The maximum atomic E-state index is 12.3. The lowest BCUT2D eigenvalue weighted by atomic mass is 10.1. The van der Waals surface area contributed by atoms with Gasteiger partial charge in [-0.15, -0.1) is 10.2 Å². The molecule has 0 spiro atoms. The van der Waals surface area contributed by atoms with E-state index in [0.717, 1.165) is 29.4 Å². The molecule has 1 heterocycles. The molecule has 0 bridgehead atoms. The van der Waals surface area contributed by atoms with Crippen molar-refractivity contribution >= 4 is 23.4 Å². The van der Waals surface area contributed by atoms with E-state index in [2.05, 4.69) is 22.4 Å². The minimum atomic E-state index is -0.0739. The number of methoxy groups -OCH3 is 1. The first kappa shape index (κ1) is 19.0. The van der Waals surface area contributed by atoms with Gasteiger partial charge in [-0.25, -0.2) is 0 Å². The van der Waals surface area contributed by atoms with Crippen molar-refractivity contribution in [2.24, 2.45) is 0 Å². The summed E-state index contributed by atoms with van der Waals surface area (Å²) in [4.78, 5) is 12.3. The van der Waals surface area contributed by atoms with Crippen LogP contribution in [0.3, 0.4) is 0 Å². The fourth-order valence-corrected chi connectivity index (χ4v) is 3.46. The highest BCUT2D eigenvalue weighted by Crippen LogP contribution is 2.23. The zero-order valence-corrected chi connectivity index (χ0v) is 16.4. The lowest BCUT2D eigenvalue weighted by Crippen LogP contribution is -2.14. The number of aryl methyl sites for hydroxylation is 2. The van der Waals surface area contributed by atoms with Crippen LogP contribution in [0.15, 0.2) is 53.7 Å². The number of aromatic nitrogens is 3. The van der Waals surface area contributed by atoms with Crippen LogP contribution in [0.1, 0.15) is 18.3 Å². The monoisotopic (exact) mass is 382 g/mol. The molecule has 140 valence electrons. The number of carbonyl (C=O) groups is 1. The number of amides is 1. The SMILES string of the molecule is CCc1cccc(NC(=O)CSc2nnc(C)n2-c2ccc(OC)cc2)c1. The van der Waals surface area contributed by atoms with Gasteiger partial charge in [0.1, 0.15) is 11.6 Å². The van der Waals surface area contributed by atoms with Crippen LogP contribution in [0.25, 0.3) is 5.69 Å². The van der Waals surface area contributed by atoms with Gasteiger partial charge in [0.15, 0.2) is 5.16 Å². The maximum absolute atomic E-state index is 12.3. The van der Waals surface area contributed by atoms with Crippen LogP contribution in [0.2, 0.25) is 0 Å². The van der Waals surface area contributed by atoms with Gasteiger partial charge in [-0.05, 0) is 55.3 Å². The predicted octanol–water partition coefficient (Wildman–Crippen LogP) is 3.88. The van der Waals surface area contributed by atoms with Gasteiger partial charge in [0, 0.05) is 11.4 Å². The Morgan fingerprint density at radius 1 is 1.19 bits per heavy atom. The van der Waals surface area contributed by atoms with Gasteiger partial charge >= 0.3 is 0 Å². The highest BCUT2D eigenvalue weighted by molar-refractivity contribution is 7.99. The first-order valence-corrected chi connectivity index (χ1v) is 9.67. The highest BCUT2D eigenvalue weighted by Gasteiger charge is 2.13. The van der Waals surface area contributed by atoms with Crippen LogP contribution in [0.5, 0.6) is 5.75 Å². The minimum absolute atomic E-state index is 0.0739. The summed E-state index contributed by atoms with van der Waals surface area (Å²) in [5, 5.41) is 12.0. The summed E-state index contributed by atoms with van der Waals surface area (Å²) in [6.45, 7) is 3.97. The molecule has 6 nitrogen and oxygen atoms in total. The van der Waals surface area contributed by atoms with Crippen molar-refractivity contribution in [1.29, 1.82) is 0 Å². The number of nitrogens with one attached hydrogen (secondary N) is 1. The van der Waals surface area contributed by atoms with Crippen molar-refractivity contribution < 1.29 is 9.53 Å². The van der Waals surface area contributed by atoms with Gasteiger partial charge in [-0.2, -0.15) is 0 Å². The number of anilines is 1. The average molecular weight is 382 g/mol. The summed E-state index contributed by atoms with van der Waals surface area (Å²) in [6, 6.07) is 15.5. The molecule has 7 heteroatoms. The molecule has 0 unspecified atom stereocenters. The first-order chi connectivity index (χ1) is 13.1. The Labute approximate surface area is 163 Å². The van der Waals surface area contributed by atoms with E-state index in [0.29, 0.717) is 5.16 Å². The third-order valence-electron chi connectivity index (χ3n) is 4.08. The molecule has 3 aromatic rings. The molecule has 1 amide bonds. The zero-order valence-electron chi connectivity index (χ0n) is 15.6. The smallest absolute Gasteiger partial charge is 0.234 e. The Morgan fingerprint density at radius 2 is 1.96 bits per heavy atom. The molecule has 1 N–H and O–H groups in total. The van der Waals surface area contributed by atoms with Gasteiger partial charge in [0.05, 0.1) is 12.9 Å². The molecule has 0 saturated heterocycles. The second kappa shape index (κ2) is 8.73. The molecule has 0 radical (unpaired) electrons. The standard InChI is InChI=1S/C20H22N4O2S/c1-4-15-6-5-7-16(12-15)21-19(25)13-27-20-23-22-14(2)24(20)17-8-10-18(26-3)11-9-17/h5-12H,4,13H2,1-3H3,(H,21,25). The molecule has 0 aliphatic carbocycles. The molecule has 0 atom stereocenters. The van der Waals surface area contributed by atoms with Gasteiger partial charge in [-0.3, -0.25) is 9.36 Å². The van der Waals surface area contributed by atoms with E-state index in [-0.39, 0.29) is 11.7 Å². The Morgan fingerprint density at radius 3 is 2.67 bits per heavy atom. The van der Waals surface area contributed by atoms with Crippen molar-refractivity contribution in [1.82, 2.24) is 14.8 Å². The third kappa shape index (κ3) is 4.68. The molecule has 1 aromatic heterocycles. The molecule has 0 fully saturated rings. The van der Waals surface area contributed by atoms with E-state index in [4.69, 9.17) is 4.74 Å². The fourth-order valence-electron chi connectivity index (χ4n) is 2.66. The first-order valence-electron chi connectivity index (χ1n) is 8.68. The summed E-state index contributed by atoms with van der Waals surface area (Å²) in [7, 11) is 1.63. The largest absolute Gasteiger partial charge is 0.497 e. The third-order valence-corrected chi connectivity index (χ3v) is 5.01. The molecule has 3 rings (SSSR count). The van der Waals surface area contributed by atoms with Crippen LogP contribution in [-0.2, 0) is 11.2 Å². The maximum Gasteiger partial charge on any atom is 0.234 e. The number of ether oxygens (including phenoxy) is 1. The normalized spacial score (nSPS) is 10.6. The number of hydrogen-bond acceptors (Lipinski definition) is 5. The average Bonchev–Trinajstić information content (AvgIpc) is 3.07. The van der Waals surface area contributed by atoms with Crippen LogP contribution in [0, 0.1) is 6.92 Å². The molecule has 0 aliphatic rings. The molecule has 2 aromatic carbocycles. The number of carbonyl (C=O) groups excluding carboxylic acids is 1. The second-order valence-electron chi connectivity index (χ2n) is 5.95. The Hall–Kier alpha value is -2.80. The molecular weight excluding hydrogens is 360 g/mol. The van der Waals surface area contributed by atoms with Gasteiger partial charge in [-0.1, -0.05) is 30.8 Å². The van der Waals surface area contributed by atoms with Crippen LogP contribution in [0.4, 0.5) is 5.69 Å². The number of benzene rings is 2. The fraction of sp³-hybridized carbons (Fsp3) is 0.250. The second-order valence-corrected chi connectivity index (χ2v) is 6.90. The van der Waals surface area contributed by atoms with Crippen LogP contribution in [-0.4, -0.2) is 33.5 Å². The topological polar surface area (TPSA) is 69.0 Å². The quantitative estimate of drug-likeness (QED) is 0.628. The number of nitrogens with zero attached hydrogens (tertiary/aromatic N) is 3. The Kier molecular flexibility index (Phi) is 6.13. The van der Waals surface area contributed by atoms with Crippen molar-refractivity contribution in [3.8, 4) is 11.4 Å². The summed E-state index contributed by atoms with van der Waals surface area (Å²) in [6.07, 6.45) is 0.933. The summed E-state index contributed by atoms with van der Waals surface area (Å²) in [5.41, 5.74) is 2.93. The zero-order chi connectivity index (χ0) is 19.2. The lowest BCUT2D eigenvalue weighted by Gasteiger charge is -2.10. The van der Waals surface area contributed by atoms with Crippen molar-refractivity contribution in [2.45, 2.75) is 25.4 Å². The van der Waals surface area contributed by atoms with E-state index in [1.807, 2.05) is 60.0 Å². The van der Waals surface area contributed by atoms with Crippen molar-refractivity contribution in [3.63, 3.8) is 0 Å². The lowest BCUT2D eigenvalue weighted by molar-refractivity contribution is -0.113. The van der Waals surface area contributed by atoms with Crippen molar-refractivity contribution in [3.05, 3.63) is 59.9 Å². The van der Waals surface area contributed by atoms with Gasteiger partial charge in [0.25, 0.3) is 0 Å². The summed E-state index contributed by atoms with van der Waals surface area (Å²) < 4.78 is 7.13. The minimum Gasteiger partial charge on any atom is -0.497 e. The number of rotatable bonds is 7. The molecule has 0 aliphatic heterocycles. The summed E-state index contributed by atoms with van der Waals surface area (Å²) in [5.74, 6) is 1.73. The molecule has 0 saturated carbocycles. The van der Waals surface area contributed by atoms with E-state index in [1.54, 1.807) is 7.11 Å².